The van der Waals surface area contributed by atoms with Crippen molar-refractivity contribution in [2.24, 2.45) is 0 Å². The first kappa shape index (κ1) is 27.4. The summed E-state index contributed by atoms with van der Waals surface area (Å²) in [7, 11) is 1.26. The lowest BCUT2D eigenvalue weighted by atomic mass is 10.1. The third-order valence-electron chi connectivity index (χ3n) is 4.27. The van der Waals surface area contributed by atoms with Gasteiger partial charge in [0.05, 0.1) is 0 Å². The van der Waals surface area contributed by atoms with E-state index >= 15 is 0 Å². The first-order chi connectivity index (χ1) is 13.0. The third-order valence-corrected chi connectivity index (χ3v) is 9.54. The minimum atomic E-state index is -2.16. The molecule has 27 heavy (non-hydrogen) atoms. The van der Waals surface area contributed by atoms with Crippen molar-refractivity contribution in [3.8, 4) is 0 Å². The maximum atomic E-state index is 9.40. The van der Waals surface area contributed by atoms with Crippen LogP contribution in [0.3, 0.4) is 0 Å². The highest BCUT2D eigenvalue weighted by molar-refractivity contribution is 8.17. The molecule has 0 aliphatic carbocycles. The van der Waals surface area contributed by atoms with Gasteiger partial charge in [0.15, 0.2) is 5.41 Å². The molecule has 0 spiro atoms. The molecule has 0 aromatic heterocycles. The summed E-state index contributed by atoms with van der Waals surface area (Å²) in [4.78, 5) is 0. The molecule has 1 unspecified atom stereocenters. The van der Waals surface area contributed by atoms with Crippen LogP contribution in [-0.2, 0) is 22.9 Å². The van der Waals surface area contributed by atoms with Crippen molar-refractivity contribution < 1.29 is 33.0 Å². The minimum absolute atomic E-state index is 0.273. The summed E-state index contributed by atoms with van der Waals surface area (Å²) in [6.45, 7) is 5.47. The van der Waals surface area contributed by atoms with Crippen LogP contribution in [0.1, 0.15) is 52.4 Å². The Morgan fingerprint density at radius 1 is 1.07 bits per heavy atom. The Morgan fingerprint density at radius 3 is 2.11 bits per heavy atom. The lowest BCUT2D eigenvalue weighted by Crippen LogP contribution is -2.57. The second kappa shape index (κ2) is 17.2. The van der Waals surface area contributed by atoms with E-state index in [1.54, 1.807) is 14.2 Å². The molecule has 1 heterocycles. The first-order valence-electron chi connectivity index (χ1n) is 9.94. The molecule has 0 aromatic rings. The van der Waals surface area contributed by atoms with Crippen LogP contribution in [0.15, 0.2) is 0 Å². The van der Waals surface area contributed by atoms with Crippen molar-refractivity contribution in [3.05, 3.63) is 0 Å². The molecule has 10 heteroatoms. The molecule has 0 saturated carbocycles. The number of thiol groups is 1. The Hall–Kier alpha value is 0.352. The van der Waals surface area contributed by atoms with E-state index < -0.39 is 22.0 Å². The van der Waals surface area contributed by atoms with Gasteiger partial charge in [0, 0.05) is 41.0 Å². The predicted molar refractivity (Wildman–Crippen MR) is 116 cm³/mol. The number of aliphatic hydroxyl groups excluding tert-OH is 1. The number of hydrogen-bond acceptors (Lipinski definition) is 7. The molecule has 0 bridgehead atoms. The third kappa shape index (κ3) is 11.2. The Kier molecular flexibility index (Phi) is 17.5. The lowest BCUT2D eigenvalue weighted by molar-refractivity contribution is -0.183. The molecule has 2 N–H and O–H groups in total. The fraction of sp³-hybridized carbons (Fsp3) is 1.00. The number of ether oxygens (including phenoxy) is 1. The molecule has 7 nitrogen and oxygen atoms in total. The number of aliphatic hydroxyl groups is 1. The van der Waals surface area contributed by atoms with Gasteiger partial charge in [-0.05, 0) is 49.4 Å². The second-order valence-electron chi connectivity index (χ2n) is 6.50. The summed E-state index contributed by atoms with van der Waals surface area (Å²) >= 11 is 0. The summed E-state index contributed by atoms with van der Waals surface area (Å²) < 4.78 is 26.3. The molecule has 1 atom stereocenters. The number of hydrogen-bond donors (Lipinski definition) is 3. The van der Waals surface area contributed by atoms with E-state index in [9.17, 15) is 5.02 Å². The molecule has 1 saturated heterocycles. The molecular weight excluding hydrogens is 387 g/mol. The van der Waals surface area contributed by atoms with E-state index in [-0.39, 0.29) is 10.9 Å². The van der Waals surface area contributed by atoms with Crippen LogP contribution in [0.5, 0.6) is 0 Å². The molecule has 0 aromatic carbocycles. The topological polar surface area (TPSA) is 86.6 Å². The molecule has 164 valence electrons. The van der Waals surface area contributed by atoms with Gasteiger partial charge >= 0.3 is 16.6 Å². The van der Waals surface area contributed by atoms with E-state index in [0.717, 1.165) is 19.3 Å². The smallest absolute Gasteiger partial charge is 0.402 e. The van der Waals surface area contributed by atoms with Crippen LogP contribution in [0.2, 0.25) is 0 Å². The number of rotatable bonds is 13. The van der Waals surface area contributed by atoms with Gasteiger partial charge < -0.3 is 33.0 Å². The molecule has 0 amide bonds. The standard InChI is InChI=1S/C9H22OS.C8H19BO6Si/c1-3-7-11(8-4-2)9-5-6-10;1-11-9(10)15-8(16(12-2)13-3)6-4-5-7-14-8/h10-11H,3-9H2,1-2H3;10,16H,4-7H2,1-3H3. The van der Waals surface area contributed by atoms with Crippen LogP contribution >= 0.6 is 10.9 Å². The Morgan fingerprint density at radius 2 is 1.70 bits per heavy atom. The van der Waals surface area contributed by atoms with Crippen molar-refractivity contribution >= 4 is 27.5 Å². The minimum Gasteiger partial charge on any atom is -0.402 e. The normalized spacial score (nSPS) is 20.2. The van der Waals surface area contributed by atoms with Gasteiger partial charge in [-0.3, -0.25) is 10.9 Å². The highest BCUT2D eigenvalue weighted by Gasteiger charge is 2.49. The van der Waals surface area contributed by atoms with Gasteiger partial charge in [-0.15, -0.1) is 0 Å². The fourth-order valence-electron chi connectivity index (χ4n) is 3.06. The molecule has 1 aliphatic rings. The van der Waals surface area contributed by atoms with Crippen molar-refractivity contribution in [2.45, 2.75) is 57.8 Å². The van der Waals surface area contributed by atoms with Crippen LogP contribution in [0, 0.1) is 0 Å². The van der Waals surface area contributed by atoms with E-state index in [0.29, 0.717) is 19.6 Å². The van der Waals surface area contributed by atoms with Gasteiger partial charge in [0.1, 0.15) is 0 Å². The Labute approximate surface area is 170 Å². The molecule has 1 fully saturated rings. The van der Waals surface area contributed by atoms with Crippen LogP contribution in [-0.4, -0.2) is 83.9 Å². The zero-order valence-electron chi connectivity index (χ0n) is 17.8. The van der Waals surface area contributed by atoms with Crippen molar-refractivity contribution in [3.63, 3.8) is 0 Å². The molecular formula is C17H41BO7SSi. The molecule has 1 rings (SSSR count). The van der Waals surface area contributed by atoms with Gasteiger partial charge in [-0.1, -0.05) is 13.8 Å². The average molecular weight is 428 g/mol. The summed E-state index contributed by atoms with van der Waals surface area (Å²) in [6, 6.07) is 0. The van der Waals surface area contributed by atoms with Gasteiger partial charge in [0.25, 0.3) is 0 Å². The van der Waals surface area contributed by atoms with Crippen LogP contribution < -0.4 is 0 Å². The summed E-state index contributed by atoms with van der Waals surface area (Å²) in [6.07, 6.45) is 6.22. The highest BCUT2D eigenvalue weighted by Crippen LogP contribution is 2.30. The SMILES string of the molecule is CCC[SH](CCC)CCCO.COB(O)OC1([SiH](OC)OC)CCCCO1. The van der Waals surface area contributed by atoms with Crippen molar-refractivity contribution in [2.75, 3.05) is 51.8 Å². The molecule has 1 aliphatic heterocycles. The zero-order chi connectivity index (χ0) is 20.5. The van der Waals surface area contributed by atoms with Gasteiger partial charge in [-0.2, -0.15) is 0 Å². The summed E-state index contributed by atoms with van der Waals surface area (Å²) in [5.41, 5.74) is -0.961. The Bertz CT molecular complexity index is 328. The first-order valence-corrected chi connectivity index (χ1v) is 13.4. The van der Waals surface area contributed by atoms with E-state index in [1.807, 2.05) is 0 Å². The Balaban J connectivity index is 0.000000541. The van der Waals surface area contributed by atoms with Crippen molar-refractivity contribution in [1.82, 2.24) is 0 Å². The van der Waals surface area contributed by atoms with Crippen molar-refractivity contribution in [1.29, 1.82) is 0 Å². The zero-order valence-corrected chi connectivity index (χ0v) is 19.9. The summed E-state index contributed by atoms with van der Waals surface area (Å²) in [5, 5.41) is 18.1. The van der Waals surface area contributed by atoms with Gasteiger partial charge in [-0.25, -0.2) is 0 Å². The monoisotopic (exact) mass is 428 g/mol. The quantitative estimate of drug-likeness (QED) is 0.304. The fourth-order valence-corrected chi connectivity index (χ4v) is 7.42. The second-order valence-corrected chi connectivity index (χ2v) is 11.7. The molecule has 0 radical (unpaired) electrons. The highest BCUT2D eigenvalue weighted by atomic mass is 32.2. The van der Waals surface area contributed by atoms with Crippen LogP contribution in [0.4, 0.5) is 0 Å². The maximum absolute atomic E-state index is 9.40. The van der Waals surface area contributed by atoms with Gasteiger partial charge in [0.2, 0.25) is 0 Å². The summed E-state index contributed by atoms with van der Waals surface area (Å²) in [5.74, 6) is 4.10. The van der Waals surface area contributed by atoms with E-state index in [2.05, 4.69) is 18.5 Å². The van der Waals surface area contributed by atoms with E-state index in [1.165, 1.54) is 37.2 Å². The maximum Gasteiger partial charge on any atom is 0.638 e. The lowest BCUT2D eigenvalue weighted by Gasteiger charge is -2.40. The predicted octanol–water partition coefficient (Wildman–Crippen LogP) is 1.77. The average Bonchev–Trinajstić information content (AvgIpc) is 2.68. The van der Waals surface area contributed by atoms with E-state index in [4.69, 9.17) is 23.3 Å². The van der Waals surface area contributed by atoms with Crippen LogP contribution in [0.25, 0.3) is 0 Å². The largest absolute Gasteiger partial charge is 0.638 e.